The van der Waals surface area contributed by atoms with Crippen LogP contribution in [0.4, 0.5) is 18.9 Å². The maximum atomic E-state index is 11.8. The predicted octanol–water partition coefficient (Wildman–Crippen LogP) is 2.40. The molecule has 1 aromatic rings. The van der Waals surface area contributed by atoms with E-state index in [1.54, 1.807) is 6.07 Å². The predicted molar refractivity (Wildman–Crippen MR) is 69.2 cm³/mol. The van der Waals surface area contributed by atoms with E-state index in [9.17, 15) is 18.0 Å². The van der Waals surface area contributed by atoms with Crippen molar-refractivity contribution < 1.29 is 32.2 Å². The largest absolute Gasteiger partial charge is 0.493 e. The Morgan fingerprint density at radius 2 is 2.00 bits per heavy atom. The van der Waals surface area contributed by atoms with Gasteiger partial charge in [0.25, 0.3) is 0 Å². The van der Waals surface area contributed by atoms with Gasteiger partial charge in [-0.05, 0) is 18.2 Å². The van der Waals surface area contributed by atoms with E-state index in [-0.39, 0.29) is 30.9 Å². The zero-order valence-electron chi connectivity index (χ0n) is 11.4. The number of halogens is 3. The monoisotopic (exact) mass is 307 g/mol. The minimum absolute atomic E-state index is 0.0952. The summed E-state index contributed by atoms with van der Waals surface area (Å²) in [7, 11) is 1.22. The minimum atomic E-state index is -4.34. The lowest BCUT2D eigenvalue weighted by atomic mass is 10.2. The van der Waals surface area contributed by atoms with Gasteiger partial charge in [0.2, 0.25) is 0 Å². The molecule has 0 bridgehead atoms. The Balaban J connectivity index is 2.43. The first-order chi connectivity index (χ1) is 9.83. The first-order valence-electron chi connectivity index (χ1n) is 6.08. The molecular weight excluding hydrogens is 291 g/mol. The summed E-state index contributed by atoms with van der Waals surface area (Å²) in [6.07, 6.45) is -4.09. The summed E-state index contributed by atoms with van der Waals surface area (Å²) in [6, 6.07) is 4.45. The van der Waals surface area contributed by atoms with Crippen molar-refractivity contribution in [3.63, 3.8) is 0 Å². The zero-order valence-corrected chi connectivity index (χ0v) is 11.4. The molecular formula is C13H16F3NO4. The van der Waals surface area contributed by atoms with Gasteiger partial charge in [-0.1, -0.05) is 0 Å². The molecule has 1 rings (SSSR count). The molecule has 0 aromatic heterocycles. The quantitative estimate of drug-likeness (QED) is 0.476. The van der Waals surface area contributed by atoms with E-state index in [2.05, 4.69) is 9.47 Å². The van der Waals surface area contributed by atoms with Gasteiger partial charge in [-0.25, -0.2) is 4.79 Å². The van der Waals surface area contributed by atoms with Gasteiger partial charge in [-0.3, -0.25) is 0 Å². The highest BCUT2D eigenvalue weighted by atomic mass is 19.4. The van der Waals surface area contributed by atoms with Gasteiger partial charge < -0.3 is 19.9 Å². The third-order valence-corrected chi connectivity index (χ3v) is 2.37. The standard InChI is InChI=1S/C13H16F3NO4/c1-19-12(18)10-7-9(17)3-4-11(10)21-6-2-5-20-8-13(14,15)16/h3-4,7H,2,5-6,8,17H2,1H3. The topological polar surface area (TPSA) is 70.8 Å². The fourth-order valence-corrected chi connectivity index (χ4v) is 1.47. The number of hydrogen-bond donors (Lipinski definition) is 1. The summed E-state index contributed by atoms with van der Waals surface area (Å²) in [4.78, 5) is 11.5. The van der Waals surface area contributed by atoms with Gasteiger partial charge >= 0.3 is 12.1 Å². The van der Waals surface area contributed by atoms with Crippen LogP contribution in [0.1, 0.15) is 16.8 Å². The van der Waals surface area contributed by atoms with E-state index >= 15 is 0 Å². The summed E-state index contributed by atoms with van der Waals surface area (Å²) < 4.78 is 49.8. The van der Waals surface area contributed by atoms with Gasteiger partial charge in [-0.2, -0.15) is 13.2 Å². The summed E-state index contributed by atoms with van der Waals surface area (Å²) in [5.41, 5.74) is 6.10. The van der Waals surface area contributed by atoms with Crippen LogP contribution in [-0.2, 0) is 9.47 Å². The second-order valence-corrected chi connectivity index (χ2v) is 4.12. The maximum Gasteiger partial charge on any atom is 0.411 e. The van der Waals surface area contributed by atoms with Crippen molar-refractivity contribution in [3.05, 3.63) is 23.8 Å². The smallest absolute Gasteiger partial charge is 0.411 e. The van der Waals surface area contributed by atoms with Gasteiger partial charge in [0.1, 0.15) is 17.9 Å². The van der Waals surface area contributed by atoms with Crippen molar-refractivity contribution >= 4 is 11.7 Å². The number of hydrogen-bond acceptors (Lipinski definition) is 5. The number of ether oxygens (including phenoxy) is 3. The van der Waals surface area contributed by atoms with E-state index in [1.807, 2.05) is 0 Å². The van der Waals surface area contributed by atoms with Gasteiger partial charge in [-0.15, -0.1) is 0 Å². The molecule has 0 spiro atoms. The molecule has 0 fully saturated rings. The van der Waals surface area contributed by atoms with Crippen LogP contribution in [0, 0.1) is 0 Å². The van der Waals surface area contributed by atoms with Crippen LogP contribution < -0.4 is 10.5 Å². The van der Waals surface area contributed by atoms with Crippen molar-refractivity contribution in [2.45, 2.75) is 12.6 Å². The Bertz CT molecular complexity index is 477. The van der Waals surface area contributed by atoms with Crippen molar-refractivity contribution in [1.82, 2.24) is 0 Å². The second-order valence-electron chi connectivity index (χ2n) is 4.12. The Morgan fingerprint density at radius 3 is 2.62 bits per heavy atom. The molecule has 1 aromatic carbocycles. The van der Waals surface area contributed by atoms with Crippen molar-refractivity contribution in [2.75, 3.05) is 32.7 Å². The molecule has 0 atom stereocenters. The Labute approximate surface area is 119 Å². The molecule has 0 aliphatic carbocycles. The van der Waals surface area contributed by atoms with E-state index < -0.39 is 18.8 Å². The first-order valence-corrected chi connectivity index (χ1v) is 6.08. The first kappa shape index (κ1) is 17.1. The molecule has 0 saturated carbocycles. The molecule has 0 saturated heterocycles. The average Bonchev–Trinajstić information content (AvgIpc) is 2.41. The number of nitrogen functional groups attached to an aromatic ring is 1. The maximum absolute atomic E-state index is 11.8. The number of esters is 1. The number of benzene rings is 1. The molecule has 8 heteroatoms. The molecule has 0 unspecified atom stereocenters. The zero-order chi connectivity index (χ0) is 15.9. The Morgan fingerprint density at radius 1 is 1.29 bits per heavy atom. The lowest BCUT2D eigenvalue weighted by Gasteiger charge is -2.11. The highest BCUT2D eigenvalue weighted by molar-refractivity contribution is 5.93. The molecule has 0 aliphatic rings. The molecule has 0 radical (unpaired) electrons. The third-order valence-electron chi connectivity index (χ3n) is 2.37. The second kappa shape index (κ2) is 7.72. The molecule has 21 heavy (non-hydrogen) atoms. The molecule has 0 heterocycles. The summed E-state index contributed by atoms with van der Waals surface area (Å²) >= 11 is 0. The highest BCUT2D eigenvalue weighted by Crippen LogP contribution is 2.22. The van der Waals surface area contributed by atoms with Gasteiger partial charge in [0.15, 0.2) is 0 Å². The summed E-state index contributed by atoms with van der Waals surface area (Å²) in [6.45, 7) is -1.28. The van der Waals surface area contributed by atoms with Crippen LogP contribution in [-0.4, -0.2) is 39.1 Å². The van der Waals surface area contributed by atoms with Crippen LogP contribution in [0.3, 0.4) is 0 Å². The van der Waals surface area contributed by atoms with Crippen molar-refractivity contribution in [1.29, 1.82) is 0 Å². The third kappa shape index (κ3) is 6.35. The lowest BCUT2D eigenvalue weighted by Crippen LogP contribution is -2.18. The number of alkyl halides is 3. The Hall–Kier alpha value is -1.96. The molecule has 0 amide bonds. The number of nitrogens with two attached hydrogens (primary N) is 1. The van der Waals surface area contributed by atoms with Crippen LogP contribution in [0.15, 0.2) is 18.2 Å². The molecule has 118 valence electrons. The lowest BCUT2D eigenvalue weighted by molar-refractivity contribution is -0.174. The number of anilines is 1. The summed E-state index contributed by atoms with van der Waals surface area (Å²) in [5.74, 6) is -0.350. The normalized spacial score (nSPS) is 11.2. The number of carbonyl (C=O) groups is 1. The fourth-order valence-electron chi connectivity index (χ4n) is 1.47. The van der Waals surface area contributed by atoms with E-state index in [0.29, 0.717) is 5.69 Å². The Kier molecular flexibility index (Phi) is 6.29. The minimum Gasteiger partial charge on any atom is -0.493 e. The number of rotatable bonds is 7. The van der Waals surface area contributed by atoms with Gasteiger partial charge in [0, 0.05) is 12.1 Å². The van der Waals surface area contributed by atoms with Crippen LogP contribution in [0.2, 0.25) is 0 Å². The molecule has 5 nitrogen and oxygen atoms in total. The fraction of sp³-hybridized carbons (Fsp3) is 0.462. The van der Waals surface area contributed by atoms with E-state index in [1.165, 1.54) is 19.2 Å². The van der Waals surface area contributed by atoms with Crippen LogP contribution >= 0.6 is 0 Å². The number of methoxy groups -OCH3 is 1. The highest BCUT2D eigenvalue weighted by Gasteiger charge is 2.27. The van der Waals surface area contributed by atoms with Gasteiger partial charge in [0.05, 0.1) is 20.3 Å². The summed E-state index contributed by atoms with van der Waals surface area (Å²) in [5, 5.41) is 0. The van der Waals surface area contributed by atoms with E-state index in [4.69, 9.17) is 10.5 Å². The van der Waals surface area contributed by atoms with Crippen molar-refractivity contribution in [3.8, 4) is 5.75 Å². The van der Waals surface area contributed by atoms with Crippen molar-refractivity contribution in [2.24, 2.45) is 0 Å². The van der Waals surface area contributed by atoms with Crippen LogP contribution in [0.5, 0.6) is 5.75 Å². The number of carbonyl (C=O) groups excluding carboxylic acids is 1. The molecule has 2 N–H and O–H groups in total. The molecule has 0 aliphatic heterocycles. The van der Waals surface area contributed by atoms with E-state index in [0.717, 1.165) is 0 Å². The SMILES string of the molecule is COC(=O)c1cc(N)ccc1OCCCOCC(F)(F)F. The average molecular weight is 307 g/mol. The van der Waals surface area contributed by atoms with Crippen LogP contribution in [0.25, 0.3) is 0 Å².